The Morgan fingerprint density at radius 3 is 2.57 bits per heavy atom. The number of oxazole rings is 1. The van der Waals surface area contributed by atoms with Gasteiger partial charge in [0.15, 0.2) is 29.3 Å². The first-order valence-electron chi connectivity index (χ1n) is 9.13. The van der Waals surface area contributed by atoms with Crippen molar-refractivity contribution in [2.24, 2.45) is 0 Å². The smallest absolute Gasteiger partial charge is 0.279 e. The minimum Gasteiger partial charge on any atom is -0.478 e. The monoisotopic (exact) mass is 415 g/mol. The maximum atomic E-state index is 13.6. The van der Waals surface area contributed by atoms with Crippen molar-refractivity contribution in [2.75, 3.05) is 0 Å². The molecule has 0 bridgehead atoms. The molecule has 3 aromatic rings. The van der Waals surface area contributed by atoms with Crippen LogP contribution < -0.4 is 15.6 Å². The van der Waals surface area contributed by atoms with Crippen LogP contribution in [0.4, 0.5) is 8.78 Å². The minimum atomic E-state index is -1.02. The van der Waals surface area contributed by atoms with Gasteiger partial charge in [-0.05, 0) is 43.3 Å². The lowest BCUT2D eigenvalue weighted by Gasteiger charge is -2.15. The van der Waals surface area contributed by atoms with Gasteiger partial charge < -0.3 is 9.15 Å². The number of amides is 2. The second-order valence-corrected chi connectivity index (χ2v) is 6.35. The van der Waals surface area contributed by atoms with Gasteiger partial charge in [-0.15, -0.1) is 0 Å². The van der Waals surface area contributed by atoms with E-state index in [-0.39, 0.29) is 24.4 Å². The Morgan fingerprint density at radius 1 is 1.10 bits per heavy atom. The lowest BCUT2D eigenvalue weighted by Crippen LogP contribution is -2.47. The van der Waals surface area contributed by atoms with Crippen molar-refractivity contribution < 1.29 is 27.5 Å². The number of aryl methyl sites for hydroxylation is 1. The number of benzene rings is 2. The number of para-hydroxylation sites is 1. The molecule has 0 saturated carbocycles. The number of aromatic nitrogens is 1. The van der Waals surface area contributed by atoms with E-state index in [0.717, 1.165) is 0 Å². The summed E-state index contributed by atoms with van der Waals surface area (Å²) in [5.41, 5.74) is 5.14. The number of nitrogens with one attached hydrogen (secondary N) is 2. The fraction of sp³-hybridized carbons (Fsp3) is 0.190. The number of halogens is 2. The molecule has 156 valence electrons. The lowest BCUT2D eigenvalue weighted by molar-refractivity contribution is -0.132. The number of hydrogen-bond donors (Lipinski definition) is 2. The molecule has 9 heteroatoms. The van der Waals surface area contributed by atoms with Crippen molar-refractivity contribution in [1.29, 1.82) is 0 Å². The van der Waals surface area contributed by atoms with Gasteiger partial charge in [-0.1, -0.05) is 12.1 Å². The Kier molecular flexibility index (Phi) is 6.74. The van der Waals surface area contributed by atoms with E-state index in [0.29, 0.717) is 17.2 Å². The first-order valence-corrected chi connectivity index (χ1v) is 9.13. The predicted molar refractivity (Wildman–Crippen MR) is 103 cm³/mol. The Balaban J connectivity index is 1.43. The van der Waals surface area contributed by atoms with E-state index in [1.807, 2.05) is 0 Å². The molecule has 3 rings (SSSR count). The second-order valence-electron chi connectivity index (χ2n) is 6.35. The molecule has 2 N–H and O–H groups in total. The van der Waals surface area contributed by atoms with Crippen LogP contribution in [-0.4, -0.2) is 22.9 Å². The maximum absolute atomic E-state index is 13.6. The van der Waals surface area contributed by atoms with Crippen LogP contribution in [0, 0.1) is 11.6 Å². The molecule has 0 aliphatic rings. The number of carbonyl (C=O) groups excluding carboxylic acids is 2. The summed E-state index contributed by atoms with van der Waals surface area (Å²) < 4.78 is 37.3. The highest BCUT2D eigenvalue weighted by Gasteiger charge is 2.17. The van der Waals surface area contributed by atoms with E-state index in [4.69, 9.17) is 9.15 Å². The van der Waals surface area contributed by atoms with Crippen LogP contribution in [0.5, 0.6) is 5.75 Å². The summed E-state index contributed by atoms with van der Waals surface area (Å²) in [6.07, 6.45) is 0.674. The molecule has 0 aliphatic carbocycles. The summed E-state index contributed by atoms with van der Waals surface area (Å²) >= 11 is 0. The zero-order valence-electron chi connectivity index (χ0n) is 16.0. The van der Waals surface area contributed by atoms with Gasteiger partial charge >= 0.3 is 0 Å². The number of ether oxygens (including phenoxy) is 1. The van der Waals surface area contributed by atoms with Crippen LogP contribution in [0.3, 0.4) is 0 Å². The summed E-state index contributed by atoms with van der Waals surface area (Å²) in [6, 6.07) is 11.4. The Bertz CT molecular complexity index is 1020. The van der Waals surface area contributed by atoms with Gasteiger partial charge in [-0.2, -0.15) is 0 Å². The van der Waals surface area contributed by atoms with Crippen molar-refractivity contribution in [1.82, 2.24) is 15.8 Å². The summed E-state index contributed by atoms with van der Waals surface area (Å²) in [5.74, 6) is -1.33. The molecule has 1 heterocycles. The minimum absolute atomic E-state index is 0.00615. The van der Waals surface area contributed by atoms with Gasteiger partial charge in [0.25, 0.3) is 5.91 Å². The number of carbonyl (C=O) groups is 2. The molecule has 2 aromatic carbocycles. The quantitative estimate of drug-likeness (QED) is 0.578. The third kappa shape index (κ3) is 5.63. The summed E-state index contributed by atoms with van der Waals surface area (Å²) in [5, 5.41) is 0. The second kappa shape index (κ2) is 9.64. The van der Waals surface area contributed by atoms with Crippen molar-refractivity contribution in [3.63, 3.8) is 0 Å². The highest BCUT2D eigenvalue weighted by atomic mass is 19.1. The van der Waals surface area contributed by atoms with E-state index in [9.17, 15) is 18.4 Å². The van der Waals surface area contributed by atoms with Crippen LogP contribution in [-0.2, 0) is 16.0 Å². The van der Waals surface area contributed by atoms with Crippen molar-refractivity contribution in [3.8, 4) is 17.1 Å². The van der Waals surface area contributed by atoms with Gasteiger partial charge in [0.2, 0.25) is 5.91 Å². The summed E-state index contributed by atoms with van der Waals surface area (Å²) in [6.45, 7) is 1.43. The first-order chi connectivity index (χ1) is 14.4. The molecule has 0 spiro atoms. The predicted octanol–water partition coefficient (Wildman–Crippen LogP) is 3.17. The molecule has 2 amide bonds. The Labute approximate surface area is 171 Å². The van der Waals surface area contributed by atoms with Crippen LogP contribution in [0.25, 0.3) is 11.3 Å². The van der Waals surface area contributed by atoms with Gasteiger partial charge in [-0.3, -0.25) is 20.4 Å². The number of rotatable bonds is 7. The highest BCUT2D eigenvalue weighted by molar-refractivity contribution is 5.84. The topological polar surface area (TPSA) is 93.5 Å². The Hall–Kier alpha value is -3.75. The molecule has 7 nitrogen and oxygen atoms in total. The molecular formula is C21H19F2N3O4. The van der Waals surface area contributed by atoms with Gasteiger partial charge in [0.05, 0.1) is 6.20 Å². The van der Waals surface area contributed by atoms with Crippen molar-refractivity contribution in [2.45, 2.75) is 25.9 Å². The standard InChI is InChI=1S/C21H19F2N3O4/c1-13(29-17-5-3-2-4-16(17)23)21(28)26-25-19(27)10-11-20-24-12-18(30-20)14-6-8-15(22)9-7-14/h2-9,12-13H,10-11H2,1H3,(H,25,27)(H,26,28). The van der Waals surface area contributed by atoms with E-state index >= 15 is 0 Å². The van der Waals surface area contributed by atoms with Crippen LogP contribution in [0.1, 0.15) is 19.2 Å². The summed E-state index contributed by atoms with van der Waals surface area (Å²) in [4.78, 5) is 28.0. The SMILES string of the molecule is CC(Oc1ccccc1F)C(=O)NNC(=O)CCc1ncc(-c2ccc(F)cc2)o1. The average molecular weight is 415 g/mol. The molecule has 0 radical (unpaired) electrons. The molecule has 0 aliphatic heterocycles. The van der Waals surface area contributed by atoms with Crippen molar-refractivity contribution >= 4 is 11.8 Å². The van der Waals surface area contributed by atoms with Gasteiger partial charge in [-0.25, -0.2) is 13.8 Å². The maximum Gasteiger partial charge on any atom is 0.279 e. The number of nitrogens with zero attached hydrogens (tertiary/aromatic N) is 1. The fourth-order valence-electron chi connectivity index (χ4n) is 2.47. The van der Waals surface area contributed by atoms with Gasteiger partial charge in [0.1, 0.15) is 5.82 Å². The molecular weight excluding hydrogens is 396 g/mol. The van der Waals surface area contributed by atoms with E-state index < -0.39 is 23.7 Å². The molecule has 1 atom stereocenters. The number of hydrazine groups is 1. The molecule has 1 unspecified atom stereocenters. The molecule has 0 fully saturated rings. The molecule has 30 heavy (non-hydrogen) atoms. The molecule has 0 saturated heterocycles. The fourth-order valence-corrected chi connectivity index (χ4v) is 2.47. The van der Waals surface area contributed by atoms with E-state index in [2.05, 4.69) is 15.8 Å². The van der Waals surface area contributed by atoms with E-state index in [1.165, 1.54) is 43.5 Å². The van der Waals surface area contributed by atoms with E-state index in [1.54, 1.807) is 18.2 Å². The van der Waals surface area contributed by atoms with Crippen LogP contribution in [0.15, 0.2) is 59.1 Å². The Morgan fingerprint density at radius 2 is 1.83 bits per heavy atom. The lowest BCUT2D eigenvalue weighted by atomic mass is 10.2. The largest absolute Gasteiger partial charge is 0.478 e. The summed E-state index contributed by atoms with van der Waals surface area (Å²) in [7, 11) is 0. The third-order valence-corrected chi connectivity index (χ3v) is 4.08. The zero-order chi connectivity index (χ0) is 21.5. The number of hydrogen-bond acceptors (Lipinski definition) is 5. The van der Waals surface area contributed by atoms with Crippen molar-refractivity contribution in [3.05, 3.63) is 72.3 Å². The average Bonchev–Trinajstić information content (AvgIpc) is 3.21. The van der Waals surface area contributed by atoms with Crippen LogP contribution in [0.2, 0.25) is 0 Å². The molecule has 1 aromatic heterocycles. The van der Waals surface area contributed by atoms with Crippen LogP contribution >= 0.6 is 0 Å². The van der Waals surface area contributed by atoms with Gasteiger partial charge in [0, 0.05) is 18.4 Å². The highest BCUT2D eigenvalue weighted by Crippen LogP contribution is 2.21. The zero-order valence-corrected chi connectivity index (χ0v) is 16.0. The third-order valence-electron chi connectivity index (χ3n) is 4.08. The first kappa shape index (κ1) is 21.0. The normalized spacial score (nSPS) is 11.6.